The lowest BCUT2D eigenvalue weighted by Crippen LogP contribution is -2.06. The first kappa shape index (κ1) is 9.23. The number of hydrogen-bond donors (Lipinski definition) is 2. The monoisotopic (exact) mass is 165 g/mol. The Morgan fingerprint density at radius 3 is 2.83 bits per heavy atom. The van der Waals surface area contributed by atoms with Crippen molar-refractivity contribution in [1.29, 1.82) is 0 Å². The highest BCUT2D eigenvalue weighted by Crippen LogP contribution is 2.16. The average Bonchev–Trinajstić information content (AvgIpc) is 2.05. The molecule has 0 saturated heterocycles. The molecule has 0 radical (unpaired) electrons. The lowest BCUT2D eigenvalue weighted by Gasteiger charge is -2.09. The van der Waals surface area contributed by atoms with Crippen LogP contribution in [0.2, 0.25) is 0 Å². The molecule has 0 aliphatic rings. The van der Waals surface area contributed by atoms with E-state index >= 15 is 0 Å². The average molecular weight is 165 g/mol. The summed E-state index contributed by atoms with van der Waals surface area (Å²) < 4.78 is 0. The number of benzene rings is 1. The minimum atomic E-state index is -0.408. The van der Waals surface area contributed by atoms with Crippen LogP contribution in [0.3, 0.4) is 0 Å². The van der Waals surface area contributed by atoms with Crippen molar-refractivity contribution in [3.8, 4) is 0 Å². The van der Waals surface area contributed by atoms with Crippen molar-refractivity contribution in [2.45, 2.75) is 19.4 Å². The summed E-state index contributed by atoms with van der Waals surface area (Å²) in [6.07, 6.45) is 0.221. The maximum absolute atomic E-state index is 9.56. The predicted octanol–water partition coefficient (Wildman–Crippen LogP) is 1.38. The maximum atomic E-state index is 9.56. The van der Waals surface area contributed by atoms with Gasteiger partial charge in [0.1, 0.15) is 0 Å². The summed E-state index contributed by atoms with van der Waals surface area (Å²) in [5.41, 5.74) is 7.47. The highest BCUT2D eigenvalue weighted by atomic mass is 16.3. The van der Waals surface area contributed by atoms with Gasteiger partial charge in [-0.3, -0.25) is 0 Å². The molecule has 0 fully saturated rings. The molecule has 1 aromatic rings. The highest BCUT2D eigenvalue weighted by Gasteiger charge is 2.04. The van der Waals surface area contributed by atoms with Crippen LogP contribution in [0.5, 0.6) is 0 Å². The molecule has 1 aromatic carbocycles. The van der Waals surface area contributed by atoms with Crippen LogP contribution in [-0.4, -0.2) is 11.7 Å². The molecule has 0 bridgehead atoms. The minimum Gasteiger partial charge on any atom is -0.388 e. The fourth-order valence-electron chi connectivity index (χ4n) is 1.20. The molecule has 66 valence electrons. The zero-order valence-electron chi connectivity index (χ0n) is 7.33. The Morgan fingerprint density at radius 2 is 2.25 bits per heavy atom. The van der Waals surface area contributed by atoms with Gasteiger partial charge in [-0.2, -0.15) is 0 Å². The Bertz CT molecular complexity index is 247. The molecule has 0 aromatic heterocycles. The van der Waals surface area contributed by atoms with E-state index in [1.807, 2.05) is 31.2 Å². The van der Waals surface area contributed by atoms with Crippen LogP contribution >= 0.6 is 0 Å². The second-order valence-corrected chi connectivity index (χ2v) is 3.01. The van der Waals surface area contributed by atoms with Crippen LogP contribution in [0.1, 0.15) is 23.7 Å². The Balaban J connectivity index is 2.73. The van der Waals surface area contributed by atoms with E-state index in [0.717, 1.165) is 5.56 Å². The first-order valence-electron chi connectivity index (χ1n) is 4.18. The summed E-state index contributed by atoms with van der Waals surface area (Å²) >= 11 is 0. The van der Waals surface area contributed by atoms with E-state index in [4.69, 9.17) is 5.73 Å². The molecule has 3 N–H and O–H groups in total. The standard InChI is InChI=1S/C10H15NO/c1-8-3-2-4-9(7-8)10(12)5-6-11/h2-4,7,10,12H,5-6,11H2,1H3/t10-/m1/s1. The third kappa shape index (κ3) is 2.32. The van der Waals surface area contributed by atoms with Gasteiger partial charge in [0.25, 0.3) is 0 Å². The molecule has 2 nitrogen and oxygen atoms in total. The van der Waals surface area contributed by atoms with Gasteiger partial charge >= 0.3 is 0 Å². The Morgan fingerprint density at radius 1 is 1.50 bits per heavy atom. The van der Waals surface area contributed by atoms with Gasteiger partial charge in [-0.05, 0) is 25.5 Å². The number of nitrogens with two attached hydrogens (primary N) is 1. The second-order valence-electron chi connectivity index (χ2n) is 3.01. The number of hydrogen-bond acceptors (Lipinski definition) is 2. The van der Waals surface area contributed by atoms with E-state index in [-0.39, 0.29) is 0 Å². The molecule has 0 amide bonds. The maximum Gasteiger partial charge on any atom is 0.0802 e. The summed E-state index contributed by atoms with van der Waals surface area (Å²) in [7, 11) is 0. The Hall–Kier alpha value is -0.860. The van der Waals surface area contributed by atoms with Gasteiger partial charge in [-0.1, -0.05) is 29.8 Å². The zero-order valence-corrected chi connectivity index (χ0v) is 7.33. The van der Waals surface area contributed by atoms with E-state index in [2.05, 4.69) is 0 Å². The van der Waals surface area contributed by atoms with Crippen molar-refractivity contribution < 1.29 is 5.11 Å². The predicted molar refractivity (Wildman–Crippen MR) is 49.8 cm³/mol. The summed E-state index contributed by atoms with van der Waals surface area (Å²) in [6, 6.07) is 7.87. The highest BCUT2D eigenvalue weighted by molar-refractivity contribution is 5.23. The first-order valence-corrected chi connectivity index (χ1v) is 4.18. The Kier molecular flexibility index (Phi) is 3.26. The van der Waals surface area contributed by atoms with Gasteiger partial charge in [0, 0.05) is 0 Å². The molecule has 1 atom stereocenters. The first-order chi connectivity index (χ1) is 5.74. The third-order valence-corrected chi connectivity index (χ3v) is 1.87. The van der Waals surface area contributed by atoms with Crippen LogP contribution < -0.4 is 5.73 Å². The quantitative estimate of drug-likeness (QED) is 0.710. The van der Waals surface area contributed by atoms with E-state index < -0.39 is 6.10 Å². The van der Waals surface area contributed by atoms with Crippen LogP contribution in [0.4, 0.5) is 0 Å². The molecule has 0 heterocycles. The topological polar surface area (TPSA) is 46.2 Å². The SMILES string of the molecule is Cc1cccc([C@H](O)CCN)c1. The van der Waals surface area contributed by atoms with E-state index in [1.54, 1.807) is 0 Å². The fourth-order valence-corrected chi connectivity index (χ4v) is 1.20. The van der Waals surface area contributed by atoms with Gasteiger partial charge in [0.2, 0.25) is 0 Å². The van der Waals surface area contributed by atoms with E-state index in [1.165, 1.54) is 5.56 Å². The van der Waals surface area contributed by atoms with Crippen LogP contribution in [0.15, 0.2) is 24.3 Å². The number of aliphatic hydroxyl groups is 1. The second kappa shape index (κ2) is 4.24. The smallest absolute Gasteiger partial charge is 0.0802 e. The van der Waals surface area contributed by atoms with E-state index in [9.17, 15) is 5.11 Å². The molecule has 0 aliphatic carbocycles. The van der Waals surface area contributed by atoms with Gasteiger partial charge in [0.15, 0.2) is 0 Å². The lowest BCUT2D eigenvalue weighted by atomic mass is 10.0. The van der Waals surface area contributed by atoms with Crippen molar-refractivity contribution >= 4 is 0 Å². The van der Waals surface area contributed by atoms with Crippen LogP contribution in [0.25, 0.3) is 0 Å². The molecule has 1 rings (SSSR count). The molecular weight excluding hydrogens is 150 g/mol. The van der Waals surface area contributed by atoms with Crippen molar-refractivity contribution in [2.24, 2.45) is 5.73 Å². The van der Waals surface area contributed by atoms with Crippen LogP contribution in [0, 0.1) is 6.92 Å². The molecular formula is C10H15NO. The summed E-state index contributed by atoms with van der Waals surface area (Å²) in [5, 5.41) is 9.56. The van der Waals surface area contributed by atoms with Crippen molar-refractivity contribution in [2.75, 3.05) is 6.54 Å². The van der Waals surface area contributed by atoms with Gasteiger partial charge in [-0.25, -0.2) is 0 Å². The fraction of sp³-hybridized carbons (Fsp3) is 0.400. The number of aryl methyl sites for hydroxylation is 1. The molecule has 2 heteroatoms. The molecule has 0 unspecified atom stereocenters. The van der Waals surface area contributed by atoms with Gasteiger partial charge in [-0.15, -0.1) is 0 Å². The van der Waals surface area contributed by atoms with Crippen molar-refractivity contribution in [1.82, 2.24) is 0 Å². The van der Waals surface area contributed by atoms with Crippen LogP contribution in [-0.2, 0) is 0 Å². The number of rotatable bonds is 3. The molecule has 0 aliphatic heterocycles. The largest absolute Gasteiger partial charge is 0.388 e. The normalized spacial score (nSPS) is 12.9. The van der Waals surface area contributed by atoms with Crippen molar-refractivity contribution in [3.63, 3.8) is 0 Å². The van der Waals surface area contributed by atoms with Gasteiger partial charge < -0.3 is 10.8 Å². The summed E-state index contributed by atoms with van der Waals surface area (Å²) in [6.45, 7) is 2.54. The summed E-state index contributed by atoms with van der Waals surface area (Å²) in [4.78, 5) is 0. The van der Waals surface area contributed by atoms with Crippen molar-refractivity contribution in [3.05, 3.63) is 35.4 Å². The Labute approximate surface area is 73.0 Å². The van der Waals surface area contributed by atoms with E-state index in [0.29, 0.717) is 13.0 Å². The number of aliphatic hydroxyl groups excluding tert-OH is 1. The third-order valence-electron chi connectivity index (χ3n) is 1.87. The molecule has 0 saturated carbocycles. The molecule has 0 spiro atoms. The minimum absolute atomic E-state index is 0.408. The zero-order chi connectivity index (χ0) is 8.97. The van der Waals surface area contributed by atoms with Gasteiger partial charge in [0.05, 0.1) is 6.10 Å². The summed E-state index contributed by atoms with van der Waals surface area (Å²) in [5.74, 6) is 0. The molecule has 12 heavy (non-hydrogen) atoms. The lowest BCUT2D eigenvalue weighted by molar-refractivity contribution is 0.170.